The van der Waals surface area contributed by atoms with Gasteiger partial charge in [-0.15, -0.1) is 11.8 Å². The number of aliphatic carboxylic acids is 1. The van der Waals surface area contributed by atoms with E-state index in [1.54, 1.807) is 25.3 Å². The molecule has 0 saturated heterocycles. The van der Waals surface area contributed by atoms with Crippen molar-refractivity contribution >= 4 is 45.9 Å². The third-order valence-corrected chi connectivity index (χ3v) is 7.57. The van der Waals surface area contributed by atoms with Gasteiger partial charge in [-0.25, -0.2) is 14.2 Å². The van der Waals surface area contributed by atoms with Gasteiger partial charge in [0.15, 0.2) is 10.9 Å². The number of amides is 2. The van der Waals surface area contributed by atoms with Crippen LogP contribution in [0.2, 0.25) is 0 Å². The summed E-state index contributed by atoms with van der Waals surface area (Å²) >= 11 is 2.65. The van der Waals surface area contributed by atoms with Crippen LogP contribution in [0, 0.1) is 17.7 Å². The van der Waals surface area contributed by atoms with Crippen LogP contribution in [0.25, 0.3) is 0 Å². The van der Waals surface area contributed by atoms with Crippen molar-refractivity contribution in [2.24, 2.45) is 11.8 Å². The van der Waals surface area contributed by atoms with E-state index in [9.17, 15) is 14.0 Å². The van der Waals surface area contributed by atoms with Crippen LogP contribution in [0.3, 0.4) is 0 Å². The fourth-order valence-corrected chi connectivity index (χ4v) is 5.30. The molecule has 0 radical (unpaired) electrons. The Morgan fingerprint density at radius 1 is 1.42 bits per heavy atom. The number of carboxylic acids is 1. The van der Waals surface area contributed by atoms with Gasteiger partial charge in [-0.2, -0.15) is 0 Å². The van der Waals surface area contributed by atoms with Crippen LogP contribution in [0.5, 0.6) is 5.75 Å². The van der Waals surface area contributed by atoms with Crippen LogP contribution in [0.15, 0.2) is 28.6 Å². The van der Waals surface area contributed by atoms with Gasteiger partial charge in [-0.1, -0.05) is 31.1 Å². The van der Waals surface area contributed by atoms with E-state index in [1.807, 2.05) is 0 Å². The Hall–Kier alpha value is -2.33. The highest BCUT2D eigenvalue weighted by atomic mass is 32.2. The second-order valence-corrected chi connectivity index (χ2v) is 9.89. The number of halogens is 1. The molecule has 1 fully saturated rings. The van der Waals surface area contributed by atoms with Crippen molar-refractivity contribution in [2.45, 2.75) is 36.8 Å². The molecule has 1 unspecified atom stereocenters. The van der Waals surface area contributed by atoms with Crippen molar-refractivity contribution in [3.8, 4) is 5.75 Å². The number of carbonyl (C=O) groups excluding carboxylic acids is 1. The van der Waals surface area contributed by atoms with Gasteiger partial charge >= 0.3 is 12.0 Å². The summed E-state index contributed by atoms with van der Waals surface area (Å²) in [4.78, 5) is 29.7. The molecule has 2 amide bonds. The van der Waals surface area contributed by atoms with E-state index in [-0.39, 0.29) is 5.69 Å². The molecule has 0 spiro atoms. The molecule has 10 heteroatoms. The van der Waals surface area contributed by atoms with Crippen molar-refractivity contribution in [3.63, 3.8) is 0 Å². The lowest BCUT2D eigenvalue weighted by atomic mass is 10.1. The number of anilines is 2. The van der Waals surface area contributed by atoms with Crippen molar-refractivity contribution in [1.29, 1.82) is 0 Å². The highest BCUT2D eigenvalue weighted by molar-refractivity contribution is 8.01. The second-order valence-electron chi connectivity index (χ2n) is 7.54. The minimum Gasteiger partial charge on any atom is -0.497 e. The maximum atomic E-state index is 14.7. The number of aromatic nitrogens is 1. The van der Waals surface area contributed by atoms with Gasteiger partial charge in [0, 0.05) is 18.4 Å². The van der Waals surface area contributed by atoms with Crippen molar-refractivity contribution < 1.29 is 23.8 Å². The molecular formula is C21H26FN3O4S2. The SMILES string of the molecule is COc1ccc(N(CC2CCCC2)C(=O)Nc2ncc(SCC(C)C(=O)O)s2)c(F)c1. The Morgan fingerprint density at radius 2 is 2.16 bits per heavy atom. The first kappa shape index (κ1) is 23.3. The third kappa shape index (κ3) is 6.33. The maximum Gasteiger partial charge on any atom is 0.328 e. The van der Waals surface area contributed by atoms with Gasteiger partial charge in [0.1, 0.15) is 5.75 Å². The Bertz CT molecular complexity index is 918. The quantitative estimate of drug-likeness (QED) is 0.484. The summed E-state index contributed by atoms with van der Waals surface area (Å²) in [6.45, 7) is 2.07. The number of nitrogens with one attached hydrogen (secondary N) is 1. The average molecular weight is 468 g/mol. The molecule has 168 valence electrons. The van der Waals surface area contributed by atoms with Gasteiger partial charge in [-0.05, 0) is 30.9 Å². The van der Waals surface area contributed by atoms with Gasteiger partial charge in [0.25, 0.3) is 0 Å². The van der Waals surface area contributed by atoms with Gasteiger partial charge < -0.3 is 9.84 Å². The lowest BCUT2D eigenvalue weighted by molar-refractivity contribution is -0.140. The Kier molecular flexibility index (Phi) is 8.14. The zero-order chi connectivity index (χ0) is 22.4. The minimum absolute atomic E-state index is 0.201. The second kappa shape index (κ2) is 10.8. The molecule has 7 nitrogen and oxygen atoms in total. The number of ether oxygens (including phenoxy) is 1. The summed E-state index contributed by atoms with van der Waals surface area (Å²) in [5.74, 6) is -0.729. The monoisotopic (exact) mass is 467 g/mol. The fraction of sp³-hybridized carbons (Fsp3) is 0.476. The molecular weight excluding hydrogens is 441 g/mol. The van der Waals surface area contributed by atoms with Crippen LogP contribution < -0.4 is 15.0 Å². The molecule has 1 aromatic carbocycles. The van der Waals surface area contributed by atoms with Crippen LogP contribution >= 0.6 is 23.1 Å². The predicted octanol–water partition coefficient (Wildman–Crippen LogP) is 5.33. The van der Waals surface area contributed by atoms with Crippen LogP contribution in [-0.4, -0.2) is 41.5 Å². The van der Waals surface area contributed by atoms with Gasteiger partial charge in [0.2, 0.25) is 0 Å². The van der Waals surface area contributed by atoms with E-state index in [0.717, 1.165) is 29.9 Å². The van der Waals surface area contributed by atoms with E-state index >= 15 is 0 Å². The highest BCUT2D eigenvalue weighted by Gasteiger charge is 2.26. The molecule has 2 aromatic rings. The lowest BCUT2D eigenvalue weighted by Crippen LogP contribution is -2.38. The van der Waals surface area contributed by atoms with E-state index in [2.05, 4.69) is 10.3 Å². The molecule has 0 bridgehead atoms. The Morgan fingerprint density at radius 3 is 2.81 bits per heavy atom. The summed E-state index contributed by atoms with van der Waals surface area (Å²) in [6, 6.07) is 4.01. The number of benzene rings is 1. The smallest absolute Gasteiger partial charge is 0.328 e. The Balaban J connectivity index is 1.72. The van der Waals surface area contributed by atoms with E-state index in [0.29, 0.717) is 29.1 Å². The average Bonchev–Trinajstić information content (AvgIpc) is 3.42. The normalized spacial score (nSPS) is 14.9. The number of thioether (sulfide) groups is 1. The van der Waals surface area contributed by atoms with Gasteiger partial charge in [0.05, 0.1) is 29.1 Å². The summed E-state index contributed by atoms with van der Waals surface area (Å²) in [6.07, 6.45) is 5.87. The first-order valence-corrected chi connectivity index (χ1v) is 11.9. The number of methoxy groups -OCH3 is 1. The zero-order valence-corrected chi connectivity index (χ0v) is 19.1. The van der Waals surface area contributed by atoms with E-state index in [1.165, 1.54) is 41.2 Å². The molecule has 0 aliphatic heterocycles. The first-order chi connectivity index (χ1) is 14.9. The summed E-state index contributed by atoms with van der Waals surface area (Å²) in [5, 5.41) is 12.2. The van der Waals surface area contributed by atoms with Crippen LogP contribution in [0.1, 0.15) is 32.6 Å². The number of hydrogen-bond donors (Lipinski definition) is 2. The van der Waals surface area contributed by atoms with Crippen molar-refractivity contribution in [2.75, 3.05) is 29.6 Å². The minimum atomic E-state index is -0.852. The number of carbonyl (C=O) groups is 2. The fourth-order valence-electron chi connectivity index (χ4n) is 3.40. The highest BCUT2D eigenvalue weighted by Crippen LogP contribution is 2.32. The summed E-state index contributed by atoms with van der Waals surface area (Å²) in [7, 11) is 1.46. The van der Waals surface area contributed by atoms with Crippen molar-refractivity contribution in [1.82, 2.24) is 4.98 Å². The van der Waals surface area contributed by atoms with E-state index < -0.39 is 23.7 Å². The molecule has 1 aromatic heterocycles. The molecule has 1 atom stereocenters. The molecule has 1 aliphatic carbocycles. The number of rotatable bonds is 9. The lowest BCUT2D eigenvalue weighted by Gasteiger charge is -2.26. The third-order valence-electron chi connectivity index (χ3n) is 5.20. The molecule has 2 N–H and O–H groups in total. The summed E-state index contributed by atoms with van der Waals surface area (Å²) in [5.41, 5.74) is 0.201. The van der Waals surface area contributed by atoms with Crippen molar-refractivity contribution in [3.05, 3.63) is 30.2 Å². The maximum absolute atomic E-state index is 14.7. The van der Waals surface area contributed by atoms with Crippen LogP contribution in [-0.2, 0) is 4.79 Å². The topological polar surface area (TPSA) is 91.8 Å². The zero-order valence-electron chi connectivity index (χ0n) is 17.5. The molecule has 1 saturated carbocycles. The number of hydrogen-bond acceptors (Lipinski definition) is 6. The number of carboxylic acid groups (broad SMARTS) is 1. The standard InChI is InChI=1S/C21H26FN3O4S2/c1-13(19(26)27)12-30-18-10-23-20(31-18)24-21(28)25(11-14-5-3-4-6-14)17-8-7-15(29-2)9-16(17)22/h7-10,13-14H,3-6,11-12H2,1-2H3,(H,26,27)(H,23,24,28). The summed E-state index contributed by atoms with van der Waals surface area (Å²) < 4.78 is 20.6. The number of thiazole rings is 1. The predicted molar refractivity (Wildman–Crippen MR) is 121 cm³/mol. The number of nitrogens with zero attached hydrogens (tertiary/aromatic N) is 2. The largest absolute Gasteiger partial charge is 0.497 e. The number of urea groups is 1. The Labute approximate surface area is 189 Å². The molecule has 1 heterocycles. The molecule has 31 heavy (non-hydrogen) atoms. The molecule has 1 aliphatic rings. The van der Waals surface area contributed by atoms with Crippen LogP contribution in [0.4, 0.5) is 20.0 Å². The molecule has 3 rings (SSSR count). The van der Waals surface area contributed by atoms with E-state index in [4.69, 9.17) is 9.84 Å². The first-order valence-electron chi connectivity index (χ1n) is 10.1. The van der Waals surface area contributed by atoms with Gasteiger partial charge in [-0.3, -0.25) is 15.0 Å².